The Morgan fingerprint density at radius 3 is 2.78 bits per heavy atom. The molecule has 0 aliphatic carbocycles. The van der Waals surface area contributed by atoms with Crippen molar-refractivity contribution < 1.29 is 14.1 Å². The summed E-state index contributed by atoms with van der Waals surface area (Å²) in [5, 5.41) is 7.01. The maximum Gasteiger partial charge on any atom is 0.224 e. The molecule has 1 aliphatic rings. The van der Waals surface area contributed by atoms with Gasteiger partial charge in [0.15, 0.2) is 0 Å². The van der Waals surface area contributed by atoms with E-state index >= 15 is 0 Å². The number of likely N-dealkylation sites (N-methyl/N-ethyl adjacent to an activating group) is 1. The van der Waals surface area contributed by atoms with Crippen molar-refractivity contribution in [3.8, 4) is 5.75 Å². The highest BCUT2D eigenvalue weighted by molar-refractivity contribution is 5.78. The second-order valence-corrected chi connectivity index (χ2v) is 7.14. The van der Waals surface area contributed by atoms with Crippen molar-refractivity contribution in [1.29, 1.82) is 0 Å². The van der Waals surface area contributed by atoms with Crippen molar-refractivity contribution in [3.05, 3.63) is 46.8 Å². The van der Waals surface area contributed by atoms with Gasteiger partial charge in [-0.3, -0.25) is 9.69 Å². The molecular formula is C21H29N3O3. The van der Waals surface area contributed by atoms with Gasteiger partial charge in [0.25, 0.3) is 0 Å². The lowest BCUT2D eigenvalue weighted by molar-refractivity contribution is -0.120. The number of nitrogens with one attached hydrogen (secondary N) is 1. The Hall–Kier alpha value is -2.34. The molecule has 27 heavy (non-hydrogen) atoms. The fraction of sp³-hybridized carbons (Fsp3) is 0.524. The first-order chi connectivity index (χ1) is 13.1. The minimum absolute atomic E-state index is 0.0716. The second-order valence-electron chi connectivity index (χ2n) is 7.14. The van der Waals surface area contributed by atoms with Crippen molar-refractivity contribution >= 4 is 5.91 Å². The lowest BCUT2D eigenvalue weighted by atomic mass is 10.1. The van der Waals surface area contributed by atoms with E-state index < -0.39 is 0 Å². The smallest absolute Gasteiger partial charge is 0.224 e. The minimum Gasteiger partial charge on any atom is -0.489 e. The van der Waals surface area contributed by atoms with Crippen molar-refractivity contribution in [2.75, 3.05) is 19.6 Å². The molecule has 1 saturated heterocycles. The summed E-state index contributed by atoms with van der Waals surface area (Å²) in [6.07, 6.45) is 2.79. The van der Waals surface area contributed by atoms with Crippen molar-refractivity contribution in [2.45, 2.75) is 52.7 Å². The van der Waals surface area contributed by atoms with E-state index in [-0.39, 0.29) is 5.91 Å². The number of likely N-dealkylation sites (tertiary alicyclic amines) is 1. The van der Waals surface area contributed by atoms with Gasteiger partial charge in [-0.15, -0.1) is 0 Å². The molecule has 2 aromatic rings. The molecule has 1 fully saturated rings. The molecule has 1 aromatic carbocycles. The Morgan fingerprint density at radius 1 is 1.33 bits per heavy atom. The molecule has 3 rings (SSSR count). The normalized spacial score (nSPS) is 17.2. The van der Waals surface area contributed by atoms with Crippen LogP contribution in [-0.2, 0) is 17.8 Å². The van der Waals surface area contributed by atoms with Gasteiger partial charge in [-0.25, -0.2) is 0 Å². The molecule has 6 nitrogen and oxygen atoms in total. The van der Waals surface area contributed by atoms with Crippen LogP contribution < -0.4 is 10.1 Å². The molecular weight excluding hydrogens is 342 g/mol. The molecule has 2 heterocycles. The number of amides is 1. The average Bonchev–Trinajstić information content (AvgIpc) is 3.26. The summed E-state index contributed by atoms with van der Waals surface area (Å²) in [5.41, 5.74) is 2.81. The predicted octanol–water partition coefficient (Wildman–Crippen LogP) is 3.01. The van der Waals surface area contributed by atoms with Crippen LogP contribution in [0.1, 0.15) is 42.3 Å². The fourth-order valence-corrected chi connectivity index (χ4v) is 3.59. The summed E-state index contributed by atoms with van der Waals surface area (Å²) in [6.45, 7) is 9.33. The quantitative estimate of drug-likeness (QED) is 0.773. The van der Waals surface area contributed by atoms with Crippen LogP contribution in [0.5, 0.6) is 5.75 Å². The first-order valence-corrected chi connectivity index (χ1v) is 9.71. The highest BCUT2D eigenvalue weighted by Gasteiger charge is 2.23. The van der Waals surface area contributed by atoms with E-state index in [1.165, 1.54) is 12.8 Å². The molecule has 1 amide bonds. The number of carbonyl (C=O) groups is 1. The third-order valence-electron chi connectivity index (χ3n) is 5.29. The van der Waals surface area contributed by atoms with Gasteiger partial charge in [-0.05, 0) is 57.5 Å². The van der Waals surface area contributed by atoms with Gasteiger partial charge < -0.3 is 14.6 Å². The lowest BCUT2D eigenvalue weighted by Crippen LogP contribution is -2.40. The predicted molar refractivity (Wildman–Crippen MR) is 104 cm³/mol. The Kier molecular flexibility index (Phi) is 6.50. The Morgan fingerprint density at radius 2 is 2.11 bits per heavy atom. The van der Waals surface area contributed by atoms with Crippen LogP contribution in [0.15, 0.2) is 28.8 Å². The molecule has 0 bridgehead atoms. The zero-order valence-corrected chi connectivity index (χ0v) is 16.5. The summed E-state index contributed by atoms with van der Waals surface area (Å²) < 4.78 is 10.9. The number of nitrogens with zero attached hydrogens (tertiary/aromatic N) is 2. The zero-order chi connectivity index (χ0) is 19.2. The second kappa shape index (κ2) is 9.04. The summed E-state index contributed by atoms with van der Waals surface area (Å²) in [5.74, 6) is 1.62. The van der Waals surface area contributed by atoms with E-state index in [0.717, 1.165) is 48.0 Å². The SMILES string of the molecule is CCN1CCCC1CNC(=O)Cc1ccc(OCc2c(C)noc2C)cc1. The highest BCUT2D eigenvalue weighted by Crippen LogP contribution is 2.18. The van der Waals surface area contributed by atoms with Gasteiger partial charge in [0, 0.05) is 12.6 Å². The molecule has 0 saturated carbocycles. The number of hydrogen-bond acceptors (Lipinski definition) is 5. The van der Waals surface area contributed by atoms with Crippen LogP contribution in [0.3, 0.4) is 0 Å². The first kappa shape index (κ1) is 19.4. The molecule has 1 aliphatic heterocycles. The van der Waals surface area contributed by atoms with E-state index in [0.29, 0.717) is 19.1 Å². The van der Waals surface area contributed by atoms with Crippen molar-refractivity contribution in [2.24, 2.45) is 0 Å². The summed E-state index contributed by atoms with van der Waals surface area (Å²) >= 11 is 0. The number of rotatable bonds is 8. The molecule has 1 aromatic heterocycles. The van der Waals surface area contributed by atoms with E-state index in [9.17, 15) is 4.79 Å². The largest absolute Gasteiger partial charge is 0.489 e. The van der Waals surface area contributed by atoms with Gasteiger partial charge >= 0.3 is 0 Å². The number of aryl methyl sites for hydroxylation is 2. The van der Waals surface area contributed by atoms with E-state index in [2.05, 4.69) is 22.3 Å². The average molecular weight is 371 g/mol. The Labute approximate surface area is 160 Å². The molecule has 6 heteroatoms. The van der Waals surface area contributed by atoms with Crippen LogP contribution in [0.2, 0.25) is 0 Å². The summed E-state index contributed by atoms with van der Waals surface area (Å²) in [4.78, 5) is 14.7. The standard InChI is InChI=1S/C21H29N3O3/c1-4-24-11-5-6-18(24)13-22-21(25)12-17-7-9-19(10-8-17)26-14-20-15(2)23-27-16(20)3/h7-10,18H,4-6,11-14H2,1-3H3,(H,22,25). The van der Waals surface area contributed by atoms with E-state index in [1.54, 1.807) is 0 Å². The Balaban J connectivity index is 1.45. The van der Waals surface area contributed by atoms with Crippen LogP contribution in [0, 0.1) is 13.8 Å². The maximum atomic E-state index is 12.2. The van der Waals surface area contributed by atoms with Crippen LogP contribution in [0.25, 0.3) is 0 Å². The van der Waals surface area contributed by atoms with Gasteiger partial charge in [0.05, 0.1) is 17.7 Å². The summed E-state index contributed by atoms with van der Waals surface area (Å²) in [6, 6.07) is 8.17. The Bertz CT molecular complexity index is 735. The number of aromatic nitrogens is 1. The zero-order valence-electron chi connectivity index (χ0n) is 16.5. The van der Waals surface area contributed by atoms with Gasteiger partial charge in [0.2, 0.25) is 5.91 Å². The molecule has 0 spiro atoms. The number of ether oxygens (including phenoxy) is 1. The minimum atomic E-state index is 0.0716. The van der Waals surface area contributed by atoms with E-state index in [4.69, 9.17) is 9.26 Å². The topological polar surface area (TPSA) is 67.6 Å². The highest BCUT2D eigenvalue weighted by atomic mass is 16.5. The summed E-state index contributed by atoms with van der Waals surface area (Å²) in [7, 11) is 0. The van der Waals surface area contributed by atoms with Crippen LogP contribution in [-0.4, -0.2) is 41.6 Å². The third-order valence-corrected chi connectivity index (χ3v) is 5.29. The molecule has 1 atom stereocenters. The third kappa shape index (κ3) is 5.10. The molecule has 1 unspecified atom stereocenters. The van der Waals surface area contributed by atoms with E-state index in [1.807, 2.05) is 38.1 Å². The lowest BCUT2D eigenvalue weighted by Gasteiger charge is -2.22. The van der Waals surface area contributed by atoms with Gasteiger partial charge in [0.1, 0.15) is 18.1 Å². The number of carbonyl (C=O) groups excluding carboxylic acids is 1. The number of benzene rings is 1. The van der Waals surface area contributed by atoms with Gasteiger partial charge in [-0.1, -0.05) is 24.2 Å². The monoisotopic (exact) mass is 371 g/mol. The molecule has 1 N–H and O–H groups in total. The van der Waals surface area contributed by atoms with Gasteiger partial charge in [-0.2, -0.15) is 0 Å². The number of hydrogen-bond donors (Lipinski definition) is 1. The fourth-order valence-electron chi connectivity index (χ4n) is 3.59. The molecule has 146 valence electrons. The first-order valence-electron chi connectivity index (χ1n) is 9.71. The molecule has 0 radical (unpaired) electrons. The maximum absolute atomic E-state index is 12.2. The van der Waals surface area contributed by atoms with Crippen molar-refractivity contribution in [3.63, 3.8) is 0 Å². The van der Waals surface area contributed by atoms with Crippen LogP contribution >= 0.6 is 0 Å². The van der Waals surface area contributed by atoms with Crippen LogP contribution in [0.4, 0.5) is 0 Å². The van der Waals surface area contributed by atoms with Crippen molar-refractivity contribution in [1.82, 2.24) is 15.4 Å².